The van der Waals surface area contributed by atoms with Gasteiger partial charge in [0.1, 0.15) is 12.5 Å². The normalized spacial score (nSPS) is 14.0. The van der Waals surface area contributed by atoms with Gasteiger partial charge in [-0.05, 0) is 24.1 Å². The van der Waals surface area contributed by atoms with Crippen molar-refractivity contribution in [3.63, 3.8) is 0 Å². The van der Waals surface area contributed by atoms with Crippen LogP contribution in [-0.2, 0) is 16.0 Å². The standard InChI is InChI=1S/C19H19FN2O2/c20-16-9-4-5-10-17(16)22(14-21-12-6-11-18(21)23)19(24)13-15-7-2-1-3-8-15/h1-5,7-10H,6,11-14H2. The van der Waals surface area contributed by atoms with Crippen molar-refractivity contribution in [2.75, 3.05) is 18.1 Å². The number of amides is 2. The summed E-state index contributed by atoms with van der Waals surface area (Å²) in [5.74, 6) is -0.694. The minimum absolute atomic E-state index is 0.00357. The molecule has 24 heavy (non-hydrogen) atoms. The number of benzene rings is 2. The van der Waals surface area contributed by atoms with E-state index < -0.39 is 5.82 Å². The molecule has 2 aromatic rings. The first-order chi connectivity index (χ1) is 11.6. The summed E-state index contributed by atoms with van der Waals surface area (Å²) in [5, 5.41) is 0. The molecule has 2 aromatic carbocycles. The molecule has 124 valence electrons. The summed E-state index contributed by atoms with van der Waals surface area (Å²) in [4.78, 5) is 27.7. The molecule has 1 heterocycles. The van der Waals surface area contributed by atoms with Gasteiger partial charge in [0, 0.05) is 13.0 Å². The van der Waals surface area contributed by atoms with Gasteiger partial charge >= 0.3 is 0 Å². The maximum absolute atomic E-state index is 14.2. The number of halogens is 1. The Morgan fingerprint density at radius 2 is 1.79 bits per heavy atom. The van der Waals surface area contributed by atoms with Gasteiger partial charge in [0.15, 0.2) is 0 Å². The molecule has 0 saturated carbocycles. The molecule has 0 radical (unpaired) electrons. The third kappa shape index (κ3) is 3.62. The zero-order valence-electron chi connectivity index (χ0n) is 13.3. The fourth-order valence-electron chi connectivity index (χ4n) is 2.85. The SMILES string of the molecule is O=C1CCCN1CN(C(=O)Cc1ccccc1)c1ccccc1F. The highest BCUT2D eigenvalue weighted by Gasteiger charge is 2.27. The van der Waals surface area contributed by atoms with Crippen molar-refractivity contribution < 1.29 is 14.0 Å². The van der Waals surface area contributed by atoms with Crippen LogP contribution in [0.2, 0.25) is 0 Å². The van der Waals surface area contributed by atoms with E-state index in [2.05, 4.69) is 0 Å². The number of nitrogens with zero attached hydrogens (tertiary/aromatic N) is 2. The minimum Gasteiger partial charge on any atom is -0.324 e. The fourth-order valence-corrected chi connectivity index (χ4v) is 2.85. The predicted molar refractivity (Wildman–Crippen MR) is 89.8 cm³/mol. The summed E-state index contributed by atoms with van der Waals surface area (Å²) in [5.41, 5.74) is 1.06. The van der Waals surface area contributed by atoms with Crippen LogP contribution in [0.4, 0.5) is 10.1 Å². The maximum atomic E-state index is 14.2. The number of carbonyl (C=O) groups is 2. The second-order valence-corrected chi connectivity index (χ2v) is 5.84. The van der Waals surface area contributed by atoms with E-state index >= 15 is 0 Å². The number of rotatable bonds is 5. The van der Waals surface area contributed by atoms with E-state index in [0.717, 1.165) is 12.0 Å². The van der Waals surface area contributed by atoms with Crippen molar-refractivity contribution in [2.45, 2.75) is 19.3 Å². The molecule has 0 atom stereocenters. The molecule has 0 N–H and O–H groups in total. The van der Waals surface area contributed by atoms with Gasteiger partial charge in [0.05, 0.1) is 12.1 Å². The Kier molecular flexibility index (Phi) is 4.89. The molecule has 1 aliphatic heterocycles. The van der Waals surface area contributed by atoms with E-state index in [1.807, 2.05) is 30.3 Å². The zero-order chi connectivity index (χ0) is 16.9. The van der Waals surface area contributed by atoms with E-state index in [-0.39, 0.29) is 30.6 Å². The second kappa shape index (κ2) is 7.25. The fraction of sp³-hybridized carbons (Fsp3) is 0.263. The molecule has 1 aliphatic rings. The maximum Gasteiger partial charge on any atom is 0.232 e. The van der Waals surface area contributed by atoms with Crippen LogP contribution in [0.3, 0.4) is 0 Å². The first-order valence-corrected chi connectivity index (χ1v) is 8.02. The Balaban J connectivity index is 1.85. The number of hydrogen-bond donors (Lipinski definition) is 0. The molecule has 1 saturated heterocycles. The van der Waals surface area contributed by atoms with Gasteiger partial charge in [-0.2, -0.15) is 0 Å². The van der Waals surface area contributed by atoms with Crippen LogP contribution in [0.5, 0.6) is 0 Å². The minimum atomic E-state index is -0.467. The number of carbonyl (C=O) groups excluding carboxylic acids is 2. The lowest BCUT2D eigenvalue weighted by molar-refractivity contribution is -0.128. The molecule has 1 fully saturated rings. The largest absolute Gasteiger partial charge is 0.324 e. The highest BCUT2D eigenvalue weighted by molar-refractivity contribution is 5.95. The van der Waals surface area contributed by atoms with Crippen molar-refractivity contribution in [1.29, 1.82) is 0 Å². The lowest BCUT2D eigenvalue weighted by Crippen LogP contribution is -2.43. The van der Waals surface area contributed by atoms with Gasteiger partial charge in [-0.25, -0.2) is 4.39 Å². The number of likely N-dealkylation sites (tertiary alicyclic amines) is 1. The summed E-state index contributed by atoms with van der Waals surface area (Å²) in [6, 6.07) is 15.5. The van der Waals surface area contributed by atoms with E-state index in [9.17, 15) is 14.0 Å². The van der Waals surface area contributed by atoms with Gasteiger partial charge in [-0.15, -0.1) is 0 Å². The van der Waals surface area contributed by atoms with E-state index in [4.69, 9.17) is 0 Å². The first-order valence-electron chi connectivity index (χ1n) is 8.02. The molecule has 0 spiro atoms. The highest BCUT2D eigenvalue weighted by atomic mass is 19.1. The monoisotopic (exact) mass is 326 g/mol. The van der Waals surface area contributed by atoms with Crippen molar-refractivity contribution in [3.05, 3.63) is 66.0 Å². The lowest BCUT2D eigenvalue weighted by Gasteiger charge is -2.28. The Hall–Kier alpha value is -2.69. The molecule has 3 rings (SSSR count). The summed E-state index contributed by atoms with van der Waals surface area (Å²) in [6.07, 6.45) is 1.42. The molecule has 2 amide bonds. The summed E-state index contributed by atoms with van der Waals surface area (Å²) in [6.45, 7) is 0.688. The van der Waals surface area contributed by atoms with E-state index in [0.29, 0.717) is 13.0 Å². The molecule has 4 nitrogen and oxygen atoms in total. The van der Waals surface area contributed by atoms with E-state index in [1.54, 1.807) is 23.1 Å². The second-order valence-electron chi connectivity index (χ2n) is 5.84. The van der Waals surface area contributed by atoms with Crippen LogP contribution in [0.15, 0.2) is 54.6 Å². The number of para-hydroxylation sites is 1. The predicted octanol–water partition coefficient (Wildman–Crippen LogP) is 2.98. The third-order valence-electron chi connectivity index (χ3n) is 4.13. The zero-order valence-corrected chi connectivity index (χ0v) is 13.3. The van der Waals surface area contributed by atoms with Crippen LogP contribution in [0.25, 0.3) is 0 Å². The van der Waals surface area contributed by atoms with Crippen LogP contribution in [0, 0.1) is 5.82 Å². The lowest BCUT2D eigenvalue weighted by atomic mass is 10.1. The van der Waals surface area contributed by atoms with Crippen molar-refractivity contribution in [3.8, 4) is 0 Å². The van der Waals surface area contributed by atoms with Crippen LogP contribution in [-0.4, -0.2) is 29.9 Å². The smallest absolute Gasteiger partial charge is 0.232 e. The molecule has 0 bridgehead atoms. The topological polar surface area (TPSA) is 40.6 Å². The first kappa shape index (κ1) is 16.2. The van der Waals surface area contributed by atoms with Crippen LogP contribution < -0.4 is 4.90 Å². The summed E-state index contributed by atoms with van der Waals surface area (Å²) in [7, 11) is 0. The van der Waals surface area contributed by atoms with Crippen molar-refractivity contribution in [1.82, 2.24) is 4.90 Å². The molecule has 0 aromatic heterocycles. The summed E-state index contributed by atoms with van der Waals surface area (Å²) < 4.78 is 14.2. The molecular weight excluding hydrogens is 307 g/mol. The Morgan fingerprint density at radius 3 is 2.46 bits per heavy atom. The van der Waals surface area contributed by atoms with Gasteiger partial charge in [-0.1, -0.05) is 42.5 Å². The molecule has 5 heteroatoms. The average Bonchev–Trinajstić information content (AvgIpc) is 2.99. The number of anilines is 1. The Labute approximate surface area is 140 Å². The summed E-state index contributed by atoms with van der Waals surface area (Å²) >= 11 is 0. The Bertz CT molecular complexity index is 733. The van der Waals surface area contributed by atoms with Crippen molar-refractivity contribution in [2.24, 2.45) is 0 Å². The Morgan fingerprint density at radius 1 is 1.08 bits per heavy atom. The molecular formula is C19H19FN2O2. The van der Waals surface area contributed by atoms with Crippen molar-refractivity contribution >= 4 is 17.5 Å². The average molecular weight is 326 g/mol. The van der Waals surface area contributed by atoms with Gasteiger partial charge in [0.2, 0.25) is 11.8 Å². The van der Waals surface area contributed by atoms with Crippen LogP contribution >= 0.6 is 0 Å². The highest BCUT2D eigenvalue weighted by Crippen LogP contribution is 2.22. The van der Waals surface area contributed by atoms with Gasteiger partial charge < -0.3 is 4.90 Å². The third-order valence-corrected chi connectivity index (χ3v) is 4.13. The quantitative estimate of drug-likeness (QED) is 0.847. The van der Waals surface area contributed by atoms with Crippen LogP contribution in [0.1, 0.15) is 18.4 Å². The van der Waals surface area contributed by atoms with Gasteiger partial charge in [0.25, 0.3) is 0 Å². The van der Waals surface area contributed by atoms with Gasteiger partial charge in [-0.3, -0.25) is 14.5 Å². The van der Waals surface area contributed by atoms with E-state index in [1.165, 1.54) is 11.0 Å². The molecule has 0 unspecified atom stereocenters. The molecule has 0 aliphatic carbocycles. The number of hydrogen-bond acceptors (Lipinski definition) is 2.